The Morgan fingerprint density at radius 3 is 2.33 bits per heavy atom. The van der Waals surface area contributed by atoms with E-state index in [1.807, 2.05) is 0 Å². The van der Waals surface area contributed by atoms with Gasteiger partial charge in [-0.2, -0.15) is 4.31 Å². The van der Waals surface area contributed by atoms with Crippen LogP contribution < -0.4 is 5.32 Å². The Morgan fingerprint density at radius 1 is 1.11 bits per heavy atom. The van der Waals surface area contributed by atoms with Crippen molar-refractivity contribution >= 4 is 37.8 Å². The summed E-state index contributed by atoms with van der Waals surface area (Å²) < 4.78 is 27.6. The summed E-state index contributed by atoms with van der Waals surface area (Å²) in [5.74, 6) is -0.290. The molecule has 0 saturated carbocycles. The largest absolute Gasteiger partial charge is 0.359 e. The van der Waals surface area contributed by atoms with Crippen LogP contribution in [0.15, 0.2) is 27.6 Å². The zero-order valence-corrected chi connectivity index (χ0v) is 17.7. The van der Waals surface area contributed by atoms with Gasteiger partial charge in [0.25, 0.3) is 5.91 Å². The molecule has 2 heterocycles. The molecule has 2 saturated heterocycles. The first-order chi connectivity index (χ1) is 12.8. The van der Waals surface area contributed by atoms with Crippen LogP contribution in [0.2, 0.25) is 0 Å². The second-order valence-corrected chi connectivity index (χ2v) is 9.73. The predicted molar refractivity (Wildman–Crippen MR) is 105 cm³/mol. The standard InChI is InChI=1S/C18H24BrN3O4S/c1-20-17(23)13-6-10-21(11-7-13)18(24)15-12-14(4-5-16(15)19)27(25,26)22-8-2-3-9-22/h4-5,12-13H,2-3,6-11H2,1H3,(H,20,23). The summed E-state index contributed by atoms with van der Waals surface area (Å²) in [6.07, 6.45) is 2.94. The second kappa shape index (κ2) is 8.28. The minimum atomic E-state index is -3.58. The molecule has 2 fully saturated rings. The minimum absolute atomic E-state index is 0.00184. The Labute approximate surface area is 168 Å². The quantitative estimate of drug-likeness (QED) is 0.746. The van der Waals surface area contributed by atoms with Gasteiger partial charge in [0.2, 0.25) is 15.9 Å². The Balaban J connectivity index is 1.78. The van der Waals surface area contributed by atoms with Crippen LogP contribution in [0.1, 0.15) is 36.0 Å². The van der Waals surface area contributed by atoms with Crippen LogP contribution in [-0.4, -0.2) is 62.7 Å². The van der Waals surface area contributed by atoms with Crippen molar-refractivity contribution in [3.8, 4) is 0 Å². The highest BCUT2D eigenvalue weighted by molar-refractivity contribution is 9.10. The van der Waals surface area contributed by atoms with E-state index in [4.69, 9.17) is 0 Å². The van der Waals surface area contributed by atoms with E-state index in [9.17, 15) is 18.0 Å². The molecule has 9 heteroatoms. The van der Waals surface area contributed by atoms with Crippen molar-refractivity contribution in [2.24, 2.45) is 5.92 Å². The van der Waals surface area contributed by atoms with Crippen molar-refractivity contribution in [2.45, 2.75) is 30.6 Å². The van der Waals surface area contributed by atoms with Gasteiger partial charge >= 0.3 is 0 Å². The van der Waals surface area contributed by atoms with Gasteiger partial charge in [-0.25, -0.2) is 8.42 Å². The van der Waals surface area contributed by atoms with E-state index in [-0.39, 0.29) is 22.6 Å². The third-order valence-electron chi connectivity index (χ3n) is 5.27. The predicted octanol–water partition coefficient (Wildman–Crippen LogP) is 1.83. The molecule has 0 spiro atoms. The topological polar surface area (TPSA) is 86.8 Å². The van der Waals surface area contributed by atoms with E-state index >= 15 is 0 Å². The maximum absolute atomic E-state index is 13.0. The van der Waals surface area contributed by atoms with E-state index in [2.05, 4.69) is 21.2 Å². The molecule has 0 aromatic heterocycles. The SMILES string of the molecule is CNC(=O)C1CCN(C(=O)c2cc(S(=O)(=O)N3CCCC3)ccc2Br)CC1. The van der Waals surface area contributed by atoms with Crippen LogP contribution in [0.3, 0.4) is 0 Å². The van der Waals surface area contributed by atoms with Crippen LogP contribution in [0.4, 0.5) is 0 Å². The summed E-state index contributed by atoms with van der Waals surface area (Å²) in [6, 6.07) is 4.62. The first-order valence-corrected chi connectivity index (χ1v) is 11.4. The van der Waals surface area contributed by atoms with Crippen LogP contribution in [0.25, 0.3) is 0 Å². The average molecular weight is 458 g/mol. The fraction of sp³-hybridized carbons (Fsp3) is 0.556. The van der Waals surface area contributed by atoms with Gasteiger partial charge in [-0.3, -0.25) is 9.59 Å². The molecule has 0 atom stereocenters. The van der Waals surface area contributed by atoms with Gasteiger partial charge in [0.1, 0.15) is 0 Å². The number of carbonyl (C=O) groups excluding carboxylic acids is 2. The van der Waals surface area contributed by atoms with E-state index < -0.39 is 10.0 Å². The summed E-state index contributed by atoms with van der Waals surface area (Å²) in [4.78, 5) is 26.5. The van der Waals surface area contributed by atoms with Crippen molar-refractivity contribution in [3.63, 3.8) is 0 Å². The fourth-order valence-corrected chi connectivity index (χ4v) is 5.59. The number of carbonyl (C=O) groups is 2. The van der Waals surface area contributed by atoms with Gasteiger partial charge in [0.05, 0.1) is 10.5 Å². The van der Waals surface area contributed by atoms with Gasteiger partial charge in [0.15, 0.2) is 0 Å². The van der Waals surface area contributed by atoms with E-state index in [1.54, 1.807) is 18.0 Å². The summed E-state index contributed by atoms with van der Waals surface area (Å²) in [6.45, 7) is 2.00. The number of amides is 2. The number of benzene rings is 1. The number of nitrogens with one attached hydrogen (secondary N) is 1. The molecule has 2 aliphatic rings. The second-order valence-electron chi connectivity index (χ2n) is 6.93. The number of piperidine rings is 1. The molecule has 1 aromatic carbocycles. The molecule has 0 radical (unpaired) electrons. The van der Waals surface area contributed by atoms with Gasteiger partial charge < -0.3 is 10.2 Å². The molecule has 27 heavy (non-hydrogen) atoms. The van der Waals surface area contributed by atoms with Crippen LogP contribution in [0.5, 0.6) is 0 Å². The monoisotopic (exact) mass is 457 g/mol. The minimum Gasteiger partial charge on any atom is -0.359 e. The highest BCUT2D eigenvalue weighted by atomic mass is 79.9. The van der Waals surface area contributed by atoms with Crippen molar-refractivity contribution in [3.05, 3.63) is 28.2 Å². The highest BCUT2D eigenvalue weighted by Crippen LogP contribution is 2.28. The van der Waals surface area contributed by atoms with E-state index in [0.29, 0.717) is 49.1 Å². The fourth-order valence-electron chi connectivity index (χ4n) is 3.63. The Morgan fingerprint density at radius 2 is 1.74 bits per heavy atom. The van der Waals surface area contributed by atoms with Gasteiger partial charge in [0, 0.05) is 43.6 Å². The third kappa shape index (κ3) is 4.20. The lowest BCUT2D eigenvalue weighted by atomic mass is 9.95. The van der Waals surface area contributed by atoms with Crippen molar-refractivity contribution < 1.29 is 18.0 Å². The Kier molecular flexibility index (Phi) is 6.22. The van der Waals surface area contributed by atoms with Gasteiger partial charge in [-0.1, -0.05) is 0 Å². The number of halogens is 1. The van der Waals surface area contributed by atoms with E-state index in [0.717, 1.165) is 12.8 Å². The lowest BCUT2D eigenvalue weighted by Gasteiger charge is -2.31. The summed E-state index contributed by atoms with van der Waals surface area (Å²) in [5, 5.41) is 2.65. The van der Waals surface area contributed by atoms with Crippen LogP contribution in [-0.2, 0) is 14.8 Å². The summed E-state index contributed by atoms with van der Waals surface area (Å²) >= 11 is 3.37. The Bertz CT molecular complexity index is 829. The molecule has 1 N–H and O–H groups in total. The zero-order chi connectivity index (χ0) is 19.6. The molecule has 7 nitrogen and oxygen atoms in total. The van der Waals surface area contributed by atoms with Crippen molar-refractivity contribution in [1.29, 1.82) is 0 Å². The smallest absolute Gasteiger partial charge is 0.255 e. The normalized spacial score (nSPS) is 19.3. The summed E-state index contributed by atoms with van der Waals surface area (Å²) in [7, 11) is -1.96. The zero-order valence-electron chi connectivity index (χ0n) is 15.3. The molecule has 0 aliphatic carbocycles. The maximum atomic E-state index is 13.0. The number of likely N-dealkylation sites (tertiary alicyclic amines) is 1. The molecule has 2 amide bonds. The molecular formula is C18H24BrN3O4S. The molecule has 0 unspecified atom stereocenters. The lowest BCUT2D eigenvalue weighted by Crippen LogP contribution is -2.42. The van der Waals surface area contributed by atoms with Crippen LogP contribution >= 0.6 is 15.9 Å². The number of nitrogens with zero attached hydrogens (tertiary/aromatic N) is 2. The third-order valence-corrected chi connectivity index (χ3v) is 7.86. The highest BCUT2D eigenvalue weighted by Gasteiger charge is 2.31. The average Bonchev–Trinajstić information content (AvgIpc) is 3.23. The molecular weight excluding hydrogens is 434 g/mol. The summed E-state index contributed by atoms with van der Waals surface area (Å²) in [5.41, 5.74) is 0.341. The number of sulfonamides is 1. The van der Waals surface area contributed by atoms with E-state index in [1.165, 1.54) is 16.4 Å². The number of hydrogen-bond donors (Lipinski definition) is 1. The van der Waals surface area contributed by atoms with Gasteiger partial charge in [-0.15, -0.1) is 0 Å². The molecule has 2 aliphatic heterocycles. The number of hydrogen-bond acceptors (Lipinski definition) is 4. The number of rotatable bonds is 4. The first-order valence-electron chi connectivity index (χ1n) is 9.15. The molecule has 3 rings (SSSR count). The molecule has 148 valence electrons. The van der Waals surface area contributed by atoms with Crippen molar-refractivity contribution in [1.82, 2.24) is 14.5 Å². The molecule has 1 aromatic rings. The molecule has 0 bridgehead atoms. The van der Waals surface area contributed by atoms with Crippen molar-refractivity contribution in [2.75, 3.05) is 33.2 Å². The van der Waals surface area contributed by atoms with Crippen LogP contribution in [0, 0.1) is 5.92 Å². The maximum Gasteiger partial charge on any atom is 0.255 e. The lowest BCUT2D eigenvalue weighted by molar-refractivity contribution is -0.125. The van der Waals surface area contributed by atoms with Gasteiger partial charge in [-0.05, 0) is 59.8 Å². The first kappa shape index (κ1) is 20.3. The Hall–Kier alpha value is -1.45.